The van der Waals surface area contributed by atoms with Crippen LogP contribution in [-0.2, 0) is 6.54 Å². The first kappa shape index (κ1) is 20.7. The summed E-state index contributed by atoms with van der Waals surface area (Å²) in [6.07, 6.45) is 3.50. The third-order valence-electron chi connectivity index (χ3n) is 5.18. The standard InChI is InChI=1S/C24H24N2O5/c1-3-12-31-21-15(6-5-7-20(21)30-4-2)13-16-10-11-26-22(16)25-19-14-17(24(28)29)8-9-18(19)23(26)27/h5-9,13-14H,3-4,10-12H2,1-2H3,(H,28,29)/b16-13-. The summed E-state index contributed by atoms with van der Waals surface area (Å²) in [5.74, 6) is 0.862. The lowest BCUT2D eigenvalue weighted by Crippen LogP contribution is -2.21. The van der Waals surface area contributed by atoms with E-state index in [0.717, 1.165) is 17.6 Å². The molecule has 2 aromatic carbocycles. The first-order valence-corrected chi connectivity index (χ1v) is 10.4. The van der Waals surface area contributed by atoms with Crippen LogP contribution in [-0.4, -0.2) is 33.8 Å². The normalized spacial score (nSPS) is 14.1. The molecule has 160 valence electrons. The van der Waals surface area contributed by atoms with E-state index in [1.54, 1.807) is 4.57 Å². The first-order valence-electron chi connectivity index (χ1n) is 10.4. The third kappa shape index (κ3) is 3.91. The molecule has 4 rings (SSSR count). The van der Waals surface area contributed by atoms with Gasteiger partial charge in [0, 0.05) is 12.1 Å². The summed E-state index contributed by atoms with van der Waals surface area (Å²) in [6.45, 7) is 5.59. The average Bonchev–Trinajstić information content (AvgIpc) is 3.16. The van der Waals surface area contributed by atoms with Crippen molar-refractivity contribution in [2.24, 2.45) is 0 Å². The maximum Gasteiger partial charge on any atom is 0.335 e. The van der Waals surface area contributed by atoms with E-state index < -0.39 is 5.97 Å². The van der Waals surface area contributed by atoms with Gasteiger partial charge in [-0.25, -0.2) is 9.78 Å². The third-order valence-corrected chi connectivity index (χ3v) is 5.18. The predicted molar refractivity (Wildman–Crippen MR) is 119 cm³/mol. The van der Waals surface area contributed by atoms with Crippen molar-refractivity contribution in [3.63, 3.8) is 0 Å². The molecule has 1 aliphatic heterocycles. The van der Waals surface area contributed by atoms with E-state index in [2.05, 4.69) is 4.98 Å². The molecule has 0 aliphatic carbocycles. The number of aromatic nitrogens is 2. The molecule has 3 aromatic rings. The lowest BCUT2D eigenvalue weighted by Gasteiger charge is -2.14. The Morgan fingerprint density at radius 2 is 2.06 bits per heavy atom. The number of fused-ring (bicyclic) bond motifs is 2. The Morgan fingerprint density at radius 3 is 2.81 bits per heavy atom. The van der Waals surface area contributed by atoms with E-state index in [1.165, 1.54) is 18.2 Å². The fourth-order valence-corrected chi connectivity index (χ4v) is 3.75. The van der Waals surface area contributed by atoms with Gasteiger partial charge in [-0.05, 0) is 55.7 Å². The number of hydrogen-bond acceptors (Lipinski definition) is 5. The number of hydrogen-bond donors (Lipinski definition) is 1. The number of para-hydroxylation sites is 1. The molecule has 1 aromatic heterocycles. The Labute approximate surface area is 179 Å². The molecule has 0 atom stereocenters. The molecule has 2 heterocycles. The van der Waals surface area contributed by atoms with Crippen molar-refractivity contribution in [2.45, 2.75) is 33.2 Å². The maximum absolute atomic E-state index is 13.0. The fourth-order valence-electron chi connectivity index (χ4n) is 3.75. The van der Waals surface area contributed by atoms with Crippen molar-refractivity contribution >= 4 is 28.5 Å². The molecule has 0 fully saturated rings. The average molecular weight is 420 g/mol. The van der Waals surface area contributed by atoms with E-state index >= 15 is 0 Å². The summed E-state index contributed by atoms with van der Waals surface area (Å²) in [4.78, 5) is 28.9. The quantitative estimate of drug-likeness (QED) is 0.615. The molecule has 0 amide bonds. The molecule has 7 heteroatoms. The van der Waals surface area contributed by atoms with E-state index in [-0.39, 0.29) is 11.1 Å². The van der Waals surface area contributed by atoms with Crippen LogP contribution < -0.4 is 15.0 Å². The van der Waals surface area contributed by atoms with Gasteiger partial charge in [0.1, 0.15) is 5.82 Å². The first-order chi connectivity index (χ1) is 15.0. The Kier molecular flexibility index (Phi) is 5.75. The van der Waals surface area contributed by atoms with Crippen molar-refractivity contribution in [3.05, 3.63) is 63.7 Å². The number of allylic oxidation sites excluding steroid dienone is 1. The monoisotopic (exact) mass is 420 g/mol. The number of carboxylic acid groups (broad SMARTS) is 1. The molecule has 0 bridgehead atoms. The van der Waals surface area contributed by atoms with Crippen LogP contribution in [0.25, 0.3) is 22.6 Å². The molecular formula is C24H24N2O5. The van der Waals surface area contributed by atoms with Gasteiger partial charge >= 0.3 is 5.97 Å². The van der Waals surface area contributed by atoms with Crippen molar-refractivity contribution in [3.8, 4) is 11.5 Å². The Balaban J connectivity index is 1.84. The molecule has 31 heavy (non-hydrogen) atoms. The smallest absolute Gasteiger partial charge is 0.335 e. The van der Waals surface area contributed by atoms with E-state index in [9.17, 15) is 14.7 Å². The highest BCUT2D eigenvalue weighted by Crippen LogP contribution is 2.36. The number of aromatic carboxylic acids is 1. The Hall–Kier alpha value is -3.61. The zero-order valence-electron chi connectivity index (χ0n) is 17.6. The van der Waals surface area contributed by atoms with Gasteiger partial charge in [0.25, 0.3) is 5.56 Å². The summed E-state index contributed by atoms with van der Waals surface area (Å²) in [7, 11) is 0. The van der Waals surface area contributed by atoms with Crippen LogP contribution in [0.5, 0.6) is 11.5 Å². The molecule has 0 saturated carbocycles. The molecular weight excluding hydrogens is 396 g/mol. The Bertz CT molecular complexity index is 1240. The topological polar surface area (TPSA) is 90.7 Å². The molecule has 0 spiro atoms. The predicted octanol–water partition coefficient (Wildman–Crippen LogP) is 4.23. The second-order valence-corrected chi connectivity index (χ2v) is 7.30. The highest BCUT2D eigenvalue weighted by Gasteiger charge is 2.22. The van der Waals surface area contributed by atoms with E-state index in [4.69, 9.17) is 9.47 Å². The van der Waals surface area contributed by atoms with Gasteiger partial charge in [-0.1, -0.05) is 19.1 Å². The second kappa shape index (κ2) is 8.63. The van der Waals surface area contributed by atoms with Gasteiger partial charge in [-0.3, -0.25) is 9.36 Å². The molecule has 7 nitrogen and oxygen atoms in total. The molecule has 0 unspecified atom stereocenters. The molecule has 0 radical (unpaired) electrons. The summed E-state index contributed by atoms with van der Waals surface area (Å²) in [6, 6.07) is 10.1. The van der Waals surface area contributed by atoms with Crippen LogP contribution in [0, 0.1) is 0 Å². The van der Waals surface area contributed by atoms with Crippen molar-refractivity contribution in [2.75, 3.05) is 13.2 Å². The van der Waals surface area contributed by atoms with Gasteiger partial charge in [-0.2, -0.15) is 0 Å². The maximum atomic E-state index is 13.0. The zero-order valence-corrected chi connectivity index (χ0v) is 17.6. The van der Waals surface area contributed by atoms with Gasteiger partial charge in [0.2, 0.25) is 0 Å². The van der Waals surface area contributed by atoms with Gasteiger partial charge in [0.05, 0.1) is 29.7 Å². The highest BCUT2D eigenvalue weighted by atomic mass is 16.5. The van der Waals surface area contributed by atoms with Crippen molar-refractivity contribution in [1.82, 2.24) is 9.55 Å². The lowest BCUT2D eigenvalue weighted by atomic mass is 10.1. The highest BCUT2D eigenvalue weighted by molar-refractivity contribution is 5.93. The van der Waals surface area contributed by atoms with Crippen LogP contribution >= 0.6 is 0 Å². The minimum Gasteiger partial charge on any atom is -0.490 e. The number of benzene rings is 2. The number of rotatable bonds is 7. The molecule has 1 aliphatic rings. The van der Waals surface area contributed by atoms with Crippen LogP contribution in [0.4, 0.5) is 0 Å². The summed E-state index contributed by atoms with van der Waals surface area (Å²) in [5, 5.41) is 9.69. The summed E-state index contributed by atoms with van der Waals surface area (Å²) >= 11 is 0. The number of ether oxygens (including phenoxy) is 2. The zero-order chi connectivity index (χ0) is 22.0. The second-order valence-electron chi connectivity index (χ2n) is 7.30. The summed E-state index contributed by atoms with van der Waals surface area (Å²) in [5.41, 5.74) is 2.08. The van der Waals surface area contributed by atoms with Crippen LogP contribution in [0.2, 0.25) is 0 Å². The number of nitrogens with zero attached hydrogens (tertiary/aromatic N) is 2. The minimum absolute atomic E-state index is 0.104. The number of carbonyl (C=O) groups is 1. The molecule has 1 N–H and O–H groups in total. The summed E-state index contributed by atoms with van der Waals surface area (Å²) < 4.78 is 13.4. The minimum atomic E-state index is -1.05. The van der Waals surface area contributed by atoms with Gasteiger partial charge in [-0.15, -0.1) is 0 Å². The van der Waals surface area contributed by atoms with Crippen LogP contribution in [0.15, 0.2) is 41.2 Å². The SMILES string of the molecule is CCCOc1c(/C=C2/CCn3c2nc2cc(C(=O)O)ccc2c3=O)cccc1OCC. The van der Waals surface area contributed by atoms with Gasteiger partial charge in [0.15, 0.2) is 11.5 Å². The molecule has 0 saturated heterocycles. The Morgan fingerprint density at radius 1 is 1.23 bits per heavy atom. The van der Waals surface area contributed by atoms with E-state index in [0.29, 0.717) is 54.4 Å². The van der Waals surface area contributed by atoms with Crippen molar-refractivity contribution < 1.29 is 19.4 Å². The van der Waals surface area contributed by atoms with E-state index in [1.807, 2.05) is 38.1 Å². The largest absolute Gasteiger partial charge is 0.490 e. The fraction of sp³-hybridized carbons (Fsp3) is 0.292. The van der Waals surface area contributed by atoms with Gasteiger partial charge < -0.3 is 14.6 Å². The van der Waals surface area contributed by atoms with Crippen molar-refractivity contribution in [1.29, 1.82) is 0 Å². The van der Waals surface area contributed by atoms with Crippen LogP contribution in [0.1, 0.15) is 48.4 Å². The number of carboxylic acids is 1. The lowest BCUT2D eigenvalue weighted by molar-refractivity contribution is 0.0697. The van der Waals surface area contributed by atoms with Crippen LogP contribution in [0.3, 0.4) is 0 Å².